The maximum Gasteiger partial charge on any atom is 0.0393 e. The van der Waals surface area contributed by atoms with Crippen LogP contribution in [0.1, 0.15) is 37.3 Å². The smallest absolute Gasteiger partial charge is 0.0393 e. The van der Waals surface area contributed by atoms with Crippen molar-refractivity contribution in [2.24, 2.45) is 5.92 Å². The Hall–Kier alpha value is -1.09. The zero-order valence-electron chi connectivity index (χ0n) is 9.24. The minimum atomic E-state index is 0.376. The van der Waals surface area contributed by atoms with Crippen molar-refractivity contribution < 1.29 is 0 Å². The molecule has 1 fully saturated rings. The number of hydrogen-bond donors (Lipinski definition) is 2. The van der Waals surface area contributed by atoms with Crippen molar-refractivity contribution >= 4 is 5.69 Å². The molecular weight excluding hydrogens is 186 g/mol. The second-order valence-electron chi connectivity index (χ2n) is 4.32. The maximum absolute atomic E-state index is 5.98. The van der Waals surface area contributed by atoms with Crippen LogP contribution in [0.15, 0.2) is 18.5 Å². The fraction of sp³-hybridized carbons (Fsp3) is 0.583. The molecule has 1 unspecified atom stereocenters. The van der Waals surface area contributed by atoms with Crippen LogP contribution in [-0.2, 0) is 0 Å². The normalized spacial score (nSPS) is 19.3. The first-order valence-corrected chi connectivity index (χ1v) is 5.69. The molecule has 1 aliphatic rings. The lowest BCUT2D eigenvalue weighted by Crippen LogP contribution is -2.24. The van der Waals surface area contributed by atoms with Crippen LogP contribution in [0.2, 0.25) is 0 Å². The molecule has 0 radical (unpaired) electrons. The van der Waals surface area contributed by atoms with Gasteiger partial charge in [-0.2, -0.15) is 0 Å². The molecule has 82 valence electrons. The first kappa shape index (κ1) is 10.4. The first-order chi connectivity index (χ1) is 7.33. The van der Waals surface area contributed by atoms with Gasteiger partial charge in [-0.25, -0.2) is 0 Å². The van der Waals surface area contributed by atoms with Gasteiger partial charge in [0.2, 0.25) is 0 Å². The molecule has 0 aliphatic heterocycles. The van der Waals surface area contributed by atoms with Crippen LogP contribution in [0.4, 0.5) is 5.69 Å². The monoisotopic (exact) mass is 205 g/mol. The Morgan fingerprint density at radius 3 is 2.80 bits per heavy atom. The summed E-state index contributed by atoms with van der Waals surface area (Å²) in [6, 6.07) is 2.26. The second-order valence-corrected chi connectivity index (χ2v) is 4.32. The van der Waals surface area contributed by atoms with E-state index < -0.39 is 0 Å². The molecule has 1 aromatic rings. The summed E-state index contributed by atoms with van der Waals surface area (Å²) in [5, 5.41) is 3.38. The molecule has 3 N–H and O–H groups in total. The number of nitrogens with one attached hydrogen (secondary N) is 1. The number of pyridine rings is 1. The number of aromatic nitrogens is 1. The van der Waals surface area contributed by atoms with E-state index in [2.05, 4.69) is 10.3 Å². The van der Waals surface area contributed by atoms with Crippen molar-refractivity contribution in [2.75, 3.05) is 12.8 Å². The highest BCUT2D eigenvalue weighted by atomic mass is 14.9. The zero-order valence-corrected chi connectivity index (χ0v) is 9.24. The highest BCUT2D eigenvalue weighted by Gasteiger charge is 2.26. The van der Waals surface area contributed by atoms with Gasteiger partial charge in [-0.05, 0) is 31.9 Å². The molecule has 0 spiro atoms. The van der Waals surface area contributed by atoms with E-state index >= 15 is 0 Å². The lowest BCUT2D eigenvalue weighted by atomic mass is 9.92. The standard InChI is InChI=1S/C12H19N3/c1-14-12(9-4-2-3-5-9)10-8-15-7-6-11(10)13/h6-9,12,14H,2-5H2,1H3,(H2,13,15). The van der Waals surface area contributed by atoms with Crippen LogP contribution in [0, 0.1) is 5.92 Å². The predicted molar refractivity (Wildman–Crippen MR) is 62.4 cm³/mol. The first-order valence-electron chi connectivity index (χ1n) is 5.69. The fourth-order valence-electron chi connectivity index (χ4n) is 2.61. The SMILES string of the molecule is CNC(c1cnccc1N)C1CCCC1. The van der Waals surface area contributed by atoms with E-state index in [1.165, 1.54) is 25.7 Å². The largest absolute Gasteiger partial charge is 0.398 e. The Morgan fingerprint density at radius 1 is 1.47 bits per heavy atom. The summed E-state index contributed by atoms with van der Waals surface area (Å²) in [4.78, 5) is 4.17. The predicted octanol–water partition coefficient (Wildman–Crippen LogP) is 2.11. The number of nitrogens with zero attached hydrogens (tertiary/aromatic N) is 1. The van der Waals surface area contributed by atoms with Crippen molar-refractivity contribution in [1.29, 1.82) is 0 Å². The van der Waals surface area contributed by atoms with Gasteiger partial charge >= 0.3 is 0 Å². The van der Waals surface area contributed by atoms with E-state index in [1.54, 1.807) is 6.20 Å². The summed E-state index contributed by atoms with van der Waals surface area (Å²) < 4.78 is 0. The zero-order chi connectivity index (χ0) is 10.7. The molecule has 1 atom stereocenters. The molecule has 15 heavy (non-hydrogen) atoms. The minimum Gasteiger partial charge on any atom is -0.398 e. The molecule has 0 saturated heterocycles. The Balaban J connectivity index is 2.22. The molecule has 1 saturated carbocycles. The summed E-state index contributed by atoms with van der Waals surface area (Å²) in [5.74, 6) is 0.724. The molecule has 1 aromatic heterocycles. The van der Waals surface area contributed by atoms with Gasteiger partial charge in [-0.15, -0.1) is 0 Å². The molecule has 3 nitrogen and oxygen atoms in total. The van der Waals surface area contributed by atoms with Crippen LogP contribution in [-0.4, -0.2) is 12.0 Å². The molecule has 0 aromatic carbocycles. The van der Waals surface area contributed by atoms with Gasteiger partial charge in [-0.3, -0.25) is 4.98 Å². The molecule has 0 amide bonds. The van der Waals surface area contributed by atoms with E-state index in [-0.39, 0.29) is 0 Å². The van der Waals surface area contributed by atoms with Crippen LogP contribution in [0.25, 0.3) is 0 Å². The number of anilines is 1. The highest BCUT2D eigenvalue weighted by Crippen LogP contribution is 2.36. The summed E-state index contributed by atoms with van der Waals surface area (Å²) in [6.45, 7) is 0. The molecule has 3 heteroatoms. The topological polar surface area (TPSA) is 50.9 Å². The highest BCUT2D eigenvalue weighted by molar-refractivity contribution is 5.46. The van der Waals surface area contributed by atoms with Gasteiger partial charge in [0, 0.05) is 29.7 Å². The van der Waals surface area contributed by atoms with Crippen LogP contribution in [0.3, 0.4) is 0 Å². The maximum atomic E-state index is 5.98. The molecule has 2 rings (SSSR count). The minimum absolute atomic E-state index is 0.376. The van der Waals surface area contributed by atoms with Gasteiger partial charge in [0.15, 0.2) is 0 Å². The molecule has 0 bridgehead atoms. The van der Waals surface area contributed by atoms with E-state index in [1.807, 2.05) is 19.3 Å². The van der Waals surface area contributed by atoms with Crippen molar-refractivity contribution in [3.63, 3.8) is 0 Å². The third-order valence-corrected chi connectivity index (χ3v) is 3.40. The van der Waals surface area contributed by atoms with E-state index in [4.69, 9.17) is 5.73 Å². The molecular formula is C12H19N3. The number of hydrogen-bond acceptors (Lipinski definition) is 3. The number of nitrogen functional groups attached to an aromatic ring is 1. The average Bonchev–Trinajstić information content (AvgIpc) is 2.75. The summed E-state index contributed by atoms with van der Waals surface area (Å²) in [6.07, 6.45) is 8.96. The van der Waals surface area contributed by atoms with E-state index in [0.29, 0.717) is 6.04 Å². The van der Waals surface area contributed by atoms with Crippen molar-refractivity contribution in [1.82, 2.24) is 10.3 Å². The van der Waals surface area contributed by atoms with Gasteiger partial charge in [0.25, 0.3) is 0 Å². The van der Waals surface area contributed by atoms with Gasteiger partial charge in [0.05, 0.1) is 0 Å². The number of nitrogens with two attached hydrogens (primary N) is 1. The lowest BCUT2D eigenvalue weighted by molar-refractivity contribution is 0.390. The van der Waals surface area contributed by atoms with E-state index in [0.717, 1.165) is 17.2 Å². The number of rotatable bonds is 3. The third kappa shape index (κ3) is 2.12. The van der Waals surface area contributed by atoms with Gasteiger partial charge < -0.3 is 11.1 Å². The second kappa shape index (κ2) is 4.62. The van der Waals surface area contributed by atoms with E-state index in [9.17, 15) is 0 Å². The molecule has 1 aliphatic carbocycles. The lowest BCUT2D eigenvalue weighted by Gasteiger charge is -2.24. The quantitative estimate of drug-likeness (QED) is 0.794. The third-order valence-electron chi connectivity index (χ3n) is 3.40. The summed E-state index contributed by atoms with van der Waals surface area (Å²) in [5.41, 5.74) is 8.00. The molecule has 1 heterocycles. The van der Waals surface area contributed by atoms with Crippen molar-refractivity contribution in [3.05, 3.63) is 24.0 Å². The van der Waals surface area contributed by atoms with Gasteiger partial charge in [-0.1, -0.05) is 12.8 Å². The van der Waals surface area contributed by atoms with Crippen LogP contribution >= 0.6 is 0 Å². The Kier molecular flexibility index (Phi) is 3.21. The van der Waals surface area contributed by atoms with Crippen LogP contribution < -0.4 is 11.1 Å². The van der Waals surface area contributed by atoms with Gasteiger partial charge in [0.1, 0.15) is 0 Å². The van der Waals surface area contributed by atoms with Crippen molar-refractivity contribution in [3.8, 4) is 0 Å². The van der Waals surface area contributed by atoms with Crippen LogP contribution in [0.5, 0.6) is 0 Å². The Morgan fingerprint density at radius 2 is 2.20 bits per heavy atom. The Bertz CT molecular complexity index is 318. The fourth-order valence-corrected chi connectivity index (χ4v) is 2.61. The Labute approximate surface area is 91.1 Å². The summed E-state index contributed by atoms with van der Waals surface area (Å²) in [7, 11) is 2.01. The van der Waals surface area contributed by atoms with Crippen molar-refractivity contribution in [2.45, 2.75) is 31.7 Å². The average molecular weight is 205 g/mol. The summed E-state index contributed by atoms with van der Waals surface area (Å²) >= 11 is 0.